The Morgan fingerprint density at radius 3 is 2.74 bits per heavy atom. The monoisotopic (exact) mass is 403 g/mol. The maximum atomic E-state index is 11.8. The zero-order valence-corrected chi connectivity index (χ0v) is 15.1. The van der Waals surface area contributed by atoms with Gasteiger partial charge in [0.2, 0.25) is 0 Å². The summed E-state index contributed by atoms with van der Waals surface area (Å²) in [4.78, 5) is 23.4. The highest BCUT2D eigenvalue weighted by molar-refractivity contribution is 9.10. The van der Waals surface area contributed by atoms with Crippen LogP contribution in [-0.4, -0.2) is 38.4 Å². The molecule has 6 nitrogen and oxygen atoms in total. The van der Waals surface area contributed by atoms with Gasteiger partial charge in [0.05, 0.1) is 11.5 Å². The highest BCUT2D eigenvalue weighted by Gasteiger charge is 2.29. The van der Waals surface area contributed by atoms with Crippen LogP contribution in [0.25, 0.3) is 0 Å². The van der Waals surface area contributed by atoms with Gasteiger partial charge in [-0.25, -0.2) is 8.42 Å². The SMILES string of the molecule is Cc1cc(NC(=O)COC(=O)C[C@H]2CCS(=O)(=O)C2)ccc1Br. The van der Waals surface area contributed by atoms with Gasteiger partial charge >= 0.3 is 5.97 Å². The summed E-state index contributed by atoms with van der Waals surface area (Å²) >= 11 is 3.37. The molecule has 1 N–H and O–H groups in total. The van der Waals surface area contributed by atoms with Crippen molar-refractivity contribution in [3.63, 3.8) is 0 Å². The van der Waals surface area contributed by atoms with E-state index in [-0.39, 0.29) is 30.5 Å². The molecular weight excluding hydrogens is 386 g/mol. The fourth-order valence-corrected chi connectivity index (χ4v) is 4.50. The number of rotatable bonds is 5. The number of amides is 1. The number of aryl methyl sites for hydroxylation is 1. The standard InChI is InChI=1S/C15H18BrNO5S/c1-10-6-12(2-3-13(10)16)17-14(18)8-22-15(19)7-11-4-5-23(20,21)9-11/h2-3,6,11H,4-5,7-9H2,1H3,(H,17,18)/t11-/m1/s1. The van der Waals surface area contributed by atoms with Crippen LogP contribution in [0.5, 0.6) is 0 Å². The van der Waals surface area contributed by atoms with Gasteiger partial charge in [-0.3, -0.25) is 9.59 Å². The minimum atomic E-state index is -3.01. The van der Waals surface area contributed by atoms with E-state index in [0.717, 1.165) is 10.0 Å². The van der Waals surface area contributed by atoms with Crippen LogP contribution < -0.4 is 5.32 Å². The summed E-state index contributed by atoms with van der Waals surface area (Å²) in [5.74, 6) is -1.04. The molecule has 1 atom stereocenters. The number of hydrogen-bond donors (Lipinski definition) is 1. The second-order valence-electron chi connectivity index (χ2n) is 5.65. The second kappa shape index (κ2) is 7.44. The van der Waals surface area contributed by atoms with Crippen molar-refractivity contribution in [3.8, 4) is 0 Å². The van der Waals surface area contributed by atoms with Crippen LogP contribution in [0.4, 0.5) is 5.69 Å². The van der Waals surface area contributed by atoms with Crippen LogP contribution in [-0.2, 0) is 24.2 Å². The van der Waals surface area contributed by atoms with Crippen LogP contribution in [0.1, 0.15) is 18.4 Å². The predicted octanol–water partition coefficient (Wildman–Crippen LogP) is 2.06. The number of nitrogens with one attached hydrogen (secondary N) is 1. The molecule has 0 aliphatic carbocycles. The first-order chi connectivity index (χ1) is 10.7. The molecule has 2 rings (SSSR count). The van der Waals surface area contributed by atoms with Crippen molar-refractivity contribution < 1.29 is 22.7 Å². The molecule has 1 aliphatic heterocycles. The molecule has 0 aromatic heterocycles. The van der Waals surface area contributed by atoms with Gasteiger partial charge in [-0.1, -0.05) is 15.9 Å². The third kappa shape index (κ3) is 5.62. The summed E-state index contributed by atoms with van der Waals surface area (Å²) in [5, 5.41) is 2.64. The Bertz CT molecular complexity index is 717. The highest BCUT2D eigenvalue weighted by atomic mass is 79.9. The maximum absolute atomic E-state index is 11.8. The normalized spacial score (nSPS) is 19.3. The number of carbonyl (C=O) groups is 2. The molecular formula is C15H18BrNO5S. The number of anilines is 1. The Balaban J connectivity index is 1.75. The van der Waals surface area contributed by atoms with E-state index in [1.165, 1.54) is 0 Å². The first kappa shape index (κ1) is 17.9. The summed E-state index contributed by atoms with van der Waals surface area (Å²) in [6.07, 6.45) is 0.506. The number of benzene rings is 1. The molecule has 1 aromatic carbocycles. The Labute approximate surface area is 143 Å². The molecule has 0 saturated carbocycles. The third-order valence-electron chi connectivity index (χ3n) is 3.59. The number of carbonyl (C=O) groups excluding carboxylic acids is 2. The summed E-state index contributed by atoms with van der Waals surface area (Å²) < 4.78 is 28.5. The zero-order valence-electron chi connectivity index (χ0n) is 12.7. The van der Waals surface area contributed by atoms with Crippen molar-refractivity contribution in [3.05, 3.63) is 28.2 Å². The minimum Gasteiger partial charge on any atom is -0.456 e. The third-order valence-corrected chi connectivity index (χ3v) is 6.31. The fourth-order valence-electron chi connectivity index (χ4n) is 2.39. The Hall–Kier alpha value is -1.41. The number of hydrogen-bond acceptors (Lipinski definition) is 5. The number of sulfone groups is 1. The Morgan fingerprint density at radius 2 is 2.13 bits per heavy atom. The molecule has 23 heavy (non-hydrogen) atoms. The molecule has 1 aliphatic rings. The molecule has 126 valence electrons. The largest absolute Gasteiger partial charge is 0.456 e. The molecule has 1 amide bonds. The van der Waals surface area contributed by atoms with Crippen molar-refractivity contribution in [2.24, 2.45) is 5.92 Å². The van der Waals surface area contributed by atoms with Crippen LogP contribution in [0, 0.1) is 12.8 Å². The average molecular weight is 404 g/mol. The topological polar surface area (TPSA) is 89.5 Å². The number of esters is 1. The fraction of sp³-hybridized carbons (Fsp3) is 0.467. The van der Waals surface area contributed by atoms with Gasteiger partial charge in [-0.05, 0) is 43.0 Å². The summed E-state index contributed by atoms with van der Waals surface area (Å²) in [7, 11) is -3.01. The van der Waals surface area contributed by atoms with Crippen LogP contribution in [0.3, 0.4) is 0 Å². The first-order valence-electron chi connectivity index (χ1n) is 7.17. The molecule has 1 saturated heterocycles. The molecule has 0 bridgehead atoms. The quantitative estimate of drug-likeness (QED) is 0.759. The van der Waals surface area contributed by atoms with E-state index in [2.05, 4.69) is 21.2 Å². The van der Waals surface area contributed by atoms with Crippen LogP contribution in [0.15, 0.2) is 22.7 Å². The zero-order chi connectivity index (χ0) is 17.0. The lowest BCUT2D eigenvalue weighted by molar-refractivity contribution is -0.148. The van der Waals surface area contributed by atoms with Crippen molar-refractivity contribution in [2.75, 3.05) is 23.4 Å². The molecule has 1 heterocycles. The van der Waals surface area contributed by atoms with Crippen molar-refractivity contribution in [2.45, 2.75) is 19.8 Å². The van der Waals surface area contributed by atoms with Crippen LogP contribution >= 0.6 is 15.9 Å². The van der Waals surface area contributed by atoms with Gasteiger partial charge in [-0.2, -0.15) is 0 Å². The van der Waals surface area contributed by atoms with Crippen molar-refractivity contribution in [1.82, 2.24) is 0 Å². The summed E-state index contributed by atoms with van der Waals surface area (Å²) in [5.41, 5.74) is 1.59. The van der Waals surface area contributed by atoms with E-state index in [9.17, 15) is 18.0 Å². The molecule has 8 heteroatoms. The van der Waals surface area contributed by atoms with E-state index < -0.39 is 21.7 Å². The van der Waals surface area contributed by atoms with Gasteiger partial charge in [-0.15, -0.1) is 0 Å². The summed E-state index contributed by atoms with van der Waals surface area (Å²) in [6.45, 7) is 1.52. The smallest absolute Gasteiger partial charge is 0.306 e. The maximum Gasteiger partial charge on any atom is 0.306 e. The Kier molecular flexibility index (Phi) is 5.80. The molecule has 0 spiro atoms. The lowest BCUT2D eigenvalue weighted by Crippen LogP contribution is -2.22. The molecule has 1 fully saturated rings. The predicted molar refractivity (Wildman–Crippen MR) is 89.8 cm³/mol. The summed E-state index contributed by atoms with van der Waals surface area (Å²) in [6, 6.07) is 5.35. The van der Waals surface area contributed by atoms with Gasteiger partial charge in [0.15, 0.2) is 16.4 Å². The lowest BCUT2D eigenvalue weighted by Gasteiger charge is -2.09. The average Bonchev–Trinajstić information content (AvgIpc) is 2.80. The van der Waals surface area contributed by atoms with Gasteiger partial charge in [0.1, 0.15) is 0 Å². The van der Waals surface area contributed by atoms with Gasteiger partial charge in [0.25, 0.3) is 5.91 Å². The van der Waals surface area contributed by atoms with Crippen molar-refractivity contribution in [1.29, 1.82) is 0 Å². The first-order valence-corrected chi connectivity index (χ1v) is 9.78. The van der Waals surface area contributed by atoms with E-state index >= 15 is 0 Å². The van der Waals surface area contributed by atoms with E-state index in [4.69, 9.17) is 4.74 Å². The van der Waals surface area contributed by atoms with Gasteiger partial charge in [0, 0.05) is 16.6 Å². The second-order valence-corrected chi connectivity index (χ2v) is 8.73. The minimum absolute atomic E-state index is 0.0203. The van der Waals surface area contributed by atoms with E-state index in [0.29, 0.717) is 12.1 Å². The lowest BCUT2D eigenvalue weighted by atomic mass is 10.1. The van der Waals surface area contributed by atoms with Crippen molar-refractivity contribution >= 4 is 43.3 Å². The number of ether oxygens (including phenoxy) is 1. The highest BCUT2D eigenvalue weighted by Crippen LogP contribution is 2.22. The molecule has 1 aromatic rings. The number of halogens is 1. The van der Waals surface area contributed by atoms with Gasteiger partial charge < -0.3 is 10.1 Å². The molecule has 0 unspecified atom stereocenters. The van der Waals surface area contributed by atoms with E-state index in [1.807, 2.05) is 13.0 Å². The molecule has 0 radical (unpaired) electrons. The Morgan fingerprint density at radius 1 is 1.39 bits per heavy atom. The van der Waals surface area contributed by atoms with E-state index in [1.54, 1.807) is 12.1 Å². The van der Waals surface area contributed by atoms with Crippen LogP contribution in [0.2, 0.25) is 0 Å².